The first kappa shape index (κ1) is 13.9. The fraction of sp³-hybridized carbons (Fsp3) is 0.500. The quantitative estimate of drug-likeness (QED) is 0.559. The molecule has 1 rings (SSSR count). The minimum atomic E-state index is 0.279. The molecular weight excluding hydrogens is 239 g/mol. The lowest BCUT2D eigenvalue weighted by molar-refractivity contribution is 0.602. The van der Waals surface area contributed by atoms with Gasteiger partial charge in [-0.2, -0.15) is 0 Å². The molecule has 0 saturated heterocycles. The first-order chi connectivity index (χ1) is 7.65. The van der Waals surface area contributed by atoms with E-state index in [4.69, 9.17) is 23.2 Å². The highest BCUT2D eigenvalue weighted by Crippen LogP contribution is 2.30. The maximum absolute atomic E-state index is 6.14. The first-order valence-corrected chi connectivity index (χ1v) is 6.68. The Morgan fingerprint density at radius 1 is 1.19 bits per heavy atom. The average molecular weight is 258 g/mol. The van der Waals surface area contributed by atoms with Crippen LogP contribution in [0.3, 0.4) is 0 Å². The Labute approximate surface area is 109 Å². The van der Waals surface area contributed by atoms with E-state index in [2.05, 4.69) is 13.8 Å². The smallest absolute Gasteiger partial charge is 0.0455 e. The highest BCUT2D eigenvalue weighted by molar-refractivity contribution is 6.35. The molecule has 0 fully saturated rings. The minimum absolute atomic E-state index is 0.279. The summed E-state index contributed by atoms with van der Waals surface area (Å²) in [6, 6.07) is 5.66. The van der Waals surface area contributed by atoms with Crippen LogP contribution in [0.15, 0.2) is 18.2 Å². The van der Waals surface area contributed by atoms with Gasteiger partial charge in [-0.25, -0.2) is 0 Å². The summed E-state index contributed by atoms with van der Waals surface area (Å²) >= 11 is 12.0. The second-order valence-electron chi connectivity index (χ2n) is 4.21. The Hall–Kier alpha value is -0.200. The van der Waals surface area contributed by atoms with Gasteiger partial charge in [-0.15, -0.1) is 0 Å². The second-order valence-corrected chi connectivity index (χ2v) is 5.06. The average Bonchev–Trinajstić information content (AvgIpc) is 2.24. The van der Waals surface area contributed by atoms with Crippen molar-refractivity contribution in [3.8, 4) is 0 Å². The Balaban J connectivity index is 2.49. The van der Waals surface area contributed by atoms with Crippen molar-refractivity contribution in [2.24, 2.45) is 0 Å². The van der Waals surface area contributed by atoms with Gasteiger partial charge in [-0.05, 0) is 37.0 Å². The highest BCUT2D eigenvalue weighted by atomic mass is 35.5. The van der Waals surface area contributed by atoms with Crippen molar-refractivity contribution >= 4 is 23.2 Å². The summed E-state index contributed by atoms with van der Waals surface area (Å²) in [5.74, 6) is 0.279. The fourth-order valence-electron chi connectivity index (χ4n) is 1.81. The zero-order valence-corrected chi connectivity index (χ0v) is 11.3. The van der Waals surface area contributed by atoms with Crippen molar-refractivity contribution in [3.63, 3.8) is 0 Å². The maximum atomic E-state index is 6.14. The summed E-state index contributed by atoms with van der Waals surface area (Å²) < 4.78 is 0. The lowest BCUT2D eigenvalue weighted by atomic mass is 9.95. The van der Waals surface area contributed by atoms with Crippen LogP contribution in [0.25, 0.3) is 0 Å². The Bertz CT molecular complexity index is 321. The van der Waals surface area contributed by atoms with Gasteiger partial charge < -0.3 is 0 Å². The molecule has 2 heteroatoms. The molecule has 1 atom stereocenters. The van der Waals surface area contributed by atoms with Crippen molar-refractivity contribution in [2.45, 2.75) is 44.9 Å². The number of benzene rings is 1. The lowest BCUT2D eigenvalue weighted by Crippen LogP contribution is -1.95. The molecule has 0 aliphatic heterocycles. The Morgan fingerprint density at radius 3 is 2.56 bits per heavy atom. The summed E-state index contributed by atoms with van der Waals surface area (Å²) in [6.07, 6.45) is 6.18. The molecule has 0 aromatic heterocycles. The molecule has 0 N–H and O–H groups in total. The number of hydrogen-bond donors (Lipinski definition) is 0. The van der Waals surface area contributed by atoms with Crippen molar-refractivity contribution in [1.82, 2.24) is 0 Å². The van der Waals surface area contributed by atoms with Crippen LogP contribution in [0.5, 0.6) is 0 Å². The van der Waals surface area contributed by atoms with Gasteiger partial charge in [0.15, 0.2) is 0 Å². The monoisotopic (exact) mass is 257 g/mol. The summed E-state index contributed by atoms with van der Waals surface area (Å²) in [6.45, 7) is 6.39. The molecule has 1 aromatic carbocycles. The summed E-state index contributed by atoms with van der Waals surface area (Å²) in [5.41, 5.74) is 1.11. The van der Waals surface area contributed by atoms with Gasteiger partial charge in [0.25, 0.3) is 0 Å². The molecule has 0 amide bonds. The summed E-state index contributed by atoms with van der Waals surface area (Å²) in [4.78, 5) is 0. The van der Waals surface area contributed by atoms with Crippen LogP contribution >= 0.6 is 23.2 Å². The summed E-state index contributed by atoms with van der Waals surface area (Å²) in [7, 11) is 0. The van der Waals surface area contributed by atoms with Crippen LogP contribution in [0, 0.1) is 6.92 Å². The Morgan fingerprint density at radius 2 is 1.94 bits per heavy atom. The van der Waals surface area contributed by atoms with Gasteiger partial charge in [0.1, 0.15) is 0 Å². The molecule has 0 spiro atoms. The van der Waals surface area contributed by atoms with E-state index in [0.29, 0.717) is 5.02 Å². The van der Waals surface area contributed by atoms with Crippen molar-refractivity contribution in [3.05, 3.63) is 40.7 Å². The molecule has 1 unspecified atom stereocenters. The van der Waals surface area contributed by atoms with Crippen molar-refractivity contribution < 1.29 is 0 Å². The molecule has 1 aromatic rings. The van der Waals surface area contributed by atoms with E-state index in [1.165, 1.54) is 25.7 Å². The number of hydrogen-bond acceptors (Lipinski definition) is 0. The predicted octanol–water partition coefficient (Wildman–Crippen LogP) is 5.88. The molecule has 0 heterocycles. The van der Waals surface area contributed by atoms with Gasteiger partial charge in [-0.3, -0.25) is 0 Å². The van der Waals surface area contributed by atoms with Crippen molar-refractivity contribution in [2.75, 3.05) is 0 Å². The molecule has 89 valence electrons. The standard InChI is InChI=1S/C14H19Cl2/c1-3-4-5-6-7-11(2)13-9-8-12(15)10-14(13)16/h8-11H,2-7H2,1H3. The third-order valence-corrected chi connectivity index (χ3v) is 3.37. The molecule has 0 aliphatic rings. The number of rotatable bonds is 6. The van der Waals surface area contributed by atoms with E-state index in [0.717, 1.165) is 17.0 Å². The SMILES string of the molecule is [CH2]C(CCCCCC)c1ccc(Cl)cc1Cl. The molecule has 0 saturated carbocycles. The molecule has 0 aliphatic carbocycles. The van der Waals surface area contributed by atoms with E-state index in [1.54, 1.807) is 6.07 Å². The van der Waals surface area contributed by atoms with Gasteiger partial charge in [0.05, 0.1) is 0 Å². The van der Waals surface area contributed by atoms with E-state index in [9.17, 15) is 0 Å². The highest BCUT2D eigenvalue weighted by Gasteiger charge is 2.09. The Kier molecular flexibility index (Phi) is 6.23. The van der Waals surface area contributed by atoms with Crippen LogP contribution in [0.2, 0.25) is 10.0 Å². The number of halogens is 2. The fourth-order valence-corrected chi connectivity index (χ4v) is 2.37. The minimum Gasteiger partial charge on any atom is -0.0843 e. The molecule has 1 radical (unpaired) electrons. The van der Waals surface area contributed by atoms with Crippen LogP contribution in [0.1, 0.15) is 50.5 Å². The predicted molar refractivity (Wildman–Crippen MR) is 73.3 cm³/mol. The molecule has 0 nitrogen and oxygen atoms in total. The first-order valence-electron chi connectivity index (χ1n) is 5.93. The molecule has 0 bridgehead atoms. The van der Waals surface area contributed by atoms with E-state index in [-0.39, 0.29) is 5.92 Å². The lowest BCUT2D eigenvalue weighted by Gasteiger charge is -2.13. The topological polar surface area (TPSA) is 0 Å². The normalized spacial score (nSPS) is 12.8. The van der Waals surface area contributed by atoms with Crippen LogP contribution < -0.4 is 0 Å². The van der Waals surface area contributed by atoms with Crippen LogP contribution in [-0.2, 0) is 0 Å². The second kappa shape index (κ2) is 7.19. The third kappa shape index (κ3) is 4.35. The van der Waals surface area contributed by atoms with Crippen molar-refractivity contribution in [1.29, 1.82) is 0 Å². The zero-order valence-electron chi connectivity index (χ0n) is 9.81. The van der Waals surface area contributed by atoms with Crippen LogP contribution in [-0.4, -0.2) is 0 Å². The maximum Gasteiger partial charge on any atom is 0.0455 e. The molecule has 16 heavy (non-hydrogen) atoms. The van der Waals surface area contributed by atoms with Gasteiger partial charge >= 0.3 is 0 Å². The van der Waals surface area contributed by atoms with Gasteiger partial charge in [-0.1, -0.05) is 61.9 Å². The third-order valence-electron chi connectivity index (χ3n) is 2.81. The number of unbranched alkanes of at least 4 members (excludes halogenated alkanes) is 3. The van der Waals surface area contributed by atoms with E-state index < -0.39 is 0 Å². The van der Waals surface area contributed by atoms with E-state index >= 15 is 0 Å². The van der Waals surface area contributed by atoms with Gasteiger partial charge in [0, 0.05) is 10.0 Å². The summed E-state index contributed by atoms with van der Waals surface area (Å²) in [5, 5.41) is 1.43. The largest absolute Gasteiger partial charge is 0.0843 e. The van der Waals surface area contributed by atoms with E-state index in [1.807, 2.05) is 12.1 Å². The van der Waals surface area contributed by atoms with Gasteiger partial charge in [0.2, 0.25) is 0 Å². The van der Waals surface area contributed by atoms with Crippen LogP contribution in [0.4, 0.5) is 0 Å². The zero-order chi connectivity index (χ0) is 12.0. The molecular formula is C14H19Cl2.